The van der Waals surface area contributed by atoms with Crippen LogP contribution in [0.1, 0.15) is 81.5 Å². The number of methoxy groups -OCH3 is 1. The van der Waals surface area contributed by atoms with Crippen molar-refractivity contribution in [1.82, 2.24) is 0 Å². The first kappa shape index (κ1) is 24.5. The third-order valence-corrected chi connectivity index (χ3v) is 5.42. The van der Waals surface area contributed by atoms with E-state index in [1.54, 1.807) is 19.2 Å². The normalized spacial score (nSPS) is 11.4. The van der Waals surface area contributed by atoms with Gasteiger partial charge in [0, 0.05) is 0 Å². The molecule has 1 aromatic rings. The molecule has 1 rings (SSSR count). The van der Waals surface area contributed by atoms with Gasteiger partial charge in [0.1, 0.15) is 13.2 Å². The molecule has 0 atom stereocenters. The molecule has 4 nitrogen and oxygen atoms in total. The van der Waals surface area contributed by atoms with Gasteiger partial charge in [0.15, 0.2) is 17.8 Å². The monoisotopic (exact) mass is 392 g/mol. The number of para-hydroxylation sites is 1. The van der Waals surface area contributed by atoms with Crippen molar-refractivity contribution in [1.29, 1.82) is 0 Å². The highest BCUT2D eigenvalue weighted by Gasteiger charge is 2.16. The minimum atomic E-state index is 0.541. The van der Waals surface area contributed by atoms with E-state index in [2.05, 4.69) is 21.0 Å². The molecule has 0 saturated carbocycles. The Balaban J connectivity index is 2.19. The number of hydrogen-bond acceptors (Lipinski definition) is 3. The van der Waals surface area contributed by atoms with Crippen LogP contribution in [-0.4, -0.2) is 51.7 Å². The zero-order chi connectivity index (χ0) is 20.7. The summed E-state index contributed by atoms with van der Waals surface area (Å²) in [6.45, 7) is 4.92. The second kappa shape index (κ2) is 14.4. The summed E-state index contributed by atoms with van der Waals surface area (Å²) >= 11 is 0. The molecule has 0 radical (unpaired) electrons. The number of hydrogen-bond donors (Lipinski definition) is 0. The van der Waals surface area contributed by atoms with E-state index in [0.29, 0.717) is 23.7 Å². The SMILES string of the molecule is CCCCCCCCCCCC[N+](C)(C)CCOc1c(C=O)cccc1OC. The first-order valence-electron chi connectivity index (χ1n) is 11.1. The van der Waals surface area contributed by atoms with E-state index < -0.39 is 0 Å². The molecule has 28 heavy (non-hydrogen) atoms. The van der Waals surface area contributed by atoms with E-state index in [4.69, 9.17) is 9.47 Å². The number of rotatable bonds is 17. The van der Waals surface area contributed by atoms with E-state index in [0.717, 1.165) is 23.9 Å². The molecule has 4 heteroatoms. The van der Waals surface area contributed by atoms with Crippen LogP contribution in [0.3, 0.4) is 0 Å². The highest BCUT2D eigenvalue weighted by molar-refractivity contribution is 5.81. The van der Waals surface area contributed by atoms with Gasteiger partial charge in [-0.2, -0.15) is 0 Å². The molecular formula is C24H42NO3+. The molecule has 0 heterocycles. The van der Waals surface area contributed by atoms with E-state index in [-0.39, 0.29) is 0 Å². The Kier molecular flexibility index (Phi) is 12.6. The third kappa shape index (κ3) is 10.1. The number of nitrogens with zero attached hydrogens (tertiary/aromatic N) is 1. The Morgan fingerprint density at radius 3 is 2.07 bits per heavy atom. The molecule has 0 fully saturated rings. The topological polar surface area (TPSA) is 35.5 Å². The standard InChI is InChI=1S/C24H42NO3/c1-5-6-7-8-9-10-11-12-13-14-18-25(2,3)19-20-28-24-22(21-26)16-15-17-23(24)27-4/h15-17,21H,5-14,18-20H2,1-4H3/q+1. The zero-order valence-corrected chi connectivity index (χ0v) is 18.7. The summed E-state index contributed by atoms with van der Waals surface area (Å²) in [6, 6.07) is 5.39. The molecule has 0 amide bonds. The summed E-state index contributed by atoms with van der Waals surface area (Å²) in [6.07, 6.45) is 14.5. The molecule has 0 aliphatic heterocycles. The summed E-state index contributed by atoms with van der Waals surface area (Å²) < 4.78 is 12.2. The van der Waals surface area contributed by atoms with E-state index in [1.165, 1.54) is 64.2 Å². The van der Waals surface area contributed by atoms with Gasteiger partial charge >= 0.3 is 0 Å². The second-order valence-electron chi connectivity index (χ2n) is 8.41. The first-order valence-corrected chi connectivity index (χ1v) is 11.1. The van der Waals surface area contributed by atoms with Crippen molar-refractivity contribution in [3.63, 3.8) is 0 Å². The summed E-state index contributed by atoms with van der Waals surface area (Å²) in [7, 11) is 6.10. The lowest BCUT2D eigenvalue weighted by Crippen LogP contribution is -2.43. The van der Waals surface area contributed by atoms with Gasteiger partial charge in [-0.1, -0.05) is 64.4 Å². The Hall–Kier alpha value is -1.55. The van der Waals surface area contributed by atoms with Crippen molar-refractivity contribution >= 4 is 6.29 Å². The average Bonchev–Trinajstić information content (AvgIpc) is 2.69. The molecule has 0 aliphatic rings. The van der Waals surface area contributed by atoms with Crippen LogP contribution in [-0.2, 0) is 0 Å². The lowest BCUT2D eigenvalue weighted by atomic mass is 10.1. The van der Waals surface area contributed by atoms with Crippen molar-refractivity contribution in [3.05, 3.63) is 23.8 Å². The Morgan fingerprint density at radius 1 is 0.893 bits per heavy atom. The van der Waals surface area contributed by atoms with E-state index >= 15 is 0 Å². The molecule has 0 aliphatic carbocycles. The maximum absolute atomic E-state index is 11.2. The van der Waals surface area contributed by atoms with Gasteiger partial charge in [-0.3, -0.25) is 4.79 Å². The lowest BCUT2D eigenvalue weighted by molar-refractivity contribution is -0.890. The number of ether oxygens (including phenoxy) is 2. The molecule has 0 N–H and O–H groups in total. The second-order valence-corrected chi connectivity index (χ2v) is 8.41. The van der Waals surface area contributed by atoms with Gasteiger partial charge in [-0.05, 0) is 25.0 Å². The fraction of sp³-hybridized carbons (Fsp3) is 0.708. The van der Waals surface area contributed by atoms with E-state index in [9.17, 15) is 4.79 Å². The number of quaternary nitrogens is 1. The maximum Gasteiger partial charge on any atom is 0.171 e. The van der Waals surface area contributed by atoms with Crippen molar-refractivity contribution in [3.8, 4) is 11.5 Å². The third-order valence-electron chi connectivity index (χ3n) is 5.42. The maximum atomic E-state index is 11.2. The van der Waals surface area contributed by atoms with Crippen molar-refractivity contribution < 1.29 is 18.8 Å². The van der Waals surface area contributed by atoms with Crippen LogP contribution in [0.15, 0.2) is 18.2 Å². The Morgan fingerprint density at radius 2 is 1.50 bits per heavy atom. The predicted molar refractivity (Wildman–Crippen MR) is 118 cm³/mol. The van der Waals surface area contributed by atoms with Crippen molar-refractivity contribution in [2.75, 3.05) is 40.9 Å². The smallest absolute Gasteiger partial charge is 0.171 e. The summed E-state index contributed by atoms with van der Waals surface area (Å²) in [5, 5.41) is 0. The fourth-order valence-corrected chi connectivity index (χ4v) is 3.47. The van der Waals surface area contributed by atoms with Gasteiger partial charge in [0.25, 0.3) is 0 Å². The molecule has 0 saturated heterocycles. The fourth-order valence-electron chi connectivity index (χ4n) is 3.47. The summed E-state index contributed by atoms with van der Waals surface area (Å²) in [4.78, 5) is 11.2. The van der Waals surface area contributed by atoms with E-state index in [1.807, 2.05) is 6.07 Å². The average molecular weight is 393 g/mol. The molecule has 0 bridgehead atoms. The number of aldehydes is 1. The molecule has 0 unspecified atom stereocenters. The van der Waals surface area contributed by atoms with Crippen LogP contribution in [0, 0.1) is 0 Å². The molecule has 0 spiro atoms. The van der Waals surface area contributed by atoms with Crippen LogP contribution in [0.2, 0.25) is 0 Å². The molecule has 160 valence electrons. The van der Waals surface area contributed by atoms with Crippen LogP contribution in [0.5, 0.6) is 11.5 Å². The number of unbranched alkanes of at least 4 members (excludes halogenated alkanes) is 9. The minimum absolute atomic E-state index is 0.541. The van der Waals surface area contributed by atoms with Crippen LogP contribution < -0.4 is 9.47 Å². The minimum Gasteiger partial charge on any atom is -0.493 e. The van der Waals surface area contributed by atoms with Crippen molar-refractivity contribution in [2.24, 2.45) is 0 Å². The van der Waals surface area contributed by atoms with Crippen LogP contribution >= 0.6 is 0 Å². The zero-order valence-electron chi connectivity index (χ0n) is 18.7. The van der Waals surface area contributed by atoms with Gasteiger partial charge in [-0.15, -0.1) is 0 Å². The Labute approximate surface area is 172 Å². The van der Waals surface area contributed by atoms with Crippen molar-refractivity contribution in [2.45, 2.75) is 71.1 Å². The van der Waals surface area contributed by atoms with Gasteiger partial charge in [0.2, 0.25) is 0 Å². The lowest BCUT2D eigenvalue weighted by Gasteiger charge is -2.30. The molecule has 1 aromatic carbocycles. The molecular weight excluding hydrogens is 350 g/mol. The highest BCUT2D eigenvalue weighted by atomic mass is 16.5. The largest absolute Gasteiger partial charge is 0.493 e. The number of carbonyl (C=O) groups is 1. The van der Waals surface area contributed by atoms with Gasteiger partial charge in [0.05, 0.1) is 33.3 Å². The first-order chi connectivity index (χ1) is 13.5. The van der Waals surface area contributed by atoms with Gasteiger partial charge < -0.3 is 14.0 Å². The predicted octanol–water partition coefficient (Wildman–Crippen LogP) is 5.88. The Bertz CT molecular complexity index is 543. The quantitative estimate of drug-likeness (QED) is 0.188. The summed E-state index contributed by atoms with van der Waals surface area (Å²) in [5.41, 5.74) is 0.541. The van der Waals surface area contributed by atoms with Gasteiger partial charge in [-0.25, -0.2) is 0 Å². The van der Waals surface area contributed by atoms with Crippen LogP contribution in [0.4, 0.5) is 0 Å². The van der Waals surface area contributed by atoms with Crippen LogP contribution in [0.25, 0.3) is 0 Å². The summed E-state index contributed by atoms with van der Waals surface area (Å²) in [5.74, 6) is 1.17. The number of benzene rings is 1. The molecule has 0 aromatic heterocycles. The number of carbonyl (C=O) groups excluding carboxylic acids is 1. The number of likely N-dealkylation sites (N-methyl/N-ethyl adjacent to an activating group) is 1. The highest BCUT2D eigenvalue weighted by Crippen LogP contribution is 2.30.